The number of nitrogens with zero attached hydrogens (tertiary/aromatic N) is 1. The first-order valence-corrected chi connectivity index (χ1v) is 11.0. The Hall–Kier alpha value is -2.14. The molecule has 7 N–H and O–H groups in total. The summed E-state index contributed by atoms with van der Waals surface area (Å²) in [5.41, 5.74) is 11.2. The lowest BCUT2D eigenvalue weighted by Crippen LogP contribution is -2.56. The van der Waals surface area contributed by atoms with E-state index in [0.717, 1.165) is 6.42 Å². The molecule has 0 aromatic rings. The SMILES string of the molecule is [B]NCCCCC(NC(=O)C(N)CC(C)C)C(=O)N1CCCC1C(=O)NC(C)C(N)=O. The fraction of sp³-hybridized carbons (Fsp3) is 0.800. The Kier molecular flexibility index (Phi) is 11.6. The third kappa shape index (κ3) is 8.86. The smallest absolute Gasteiger partial charge is 0.245 e. The third-order valence-electron chi connectivity index (χ3n) is 5.36. The van der Waals surface area contributed by atoms with Crippen molar-refractivity contribution in [3.8, 4) is 0 Å². The lowest BCUT2D eigenvalue weighted by Gasteiger charge is -2.30. The van der Waals surface area contributed by atoms with Gasteiger partial charge in [-0.05, 0) is 57.9 Å². The van der Waals surface area contributed by atoms with E-state index in [1.54, 1.807) is 0 Å². The number of amides is 4. The lowest BCUT2D eigenvalue weighted by atomic mass is 10.0. The first-order chi connectivity index (χ1) is 14.6. The zero-order valence-electron chi connectivity index (χ0n) is 18.9. The number of nitrogens with two attached hydrogens (primary N) is 2. The Morgan fingerprint density at radius 3 is 2.39 bits per heavy atom. The molecule has 0 bridgehead atoms. The minimum atomic E-state index is -0.835. The third-order valence-corrected chi connectivity index (χ3v) is 5.36. The fourth-order valence-corrected chi connectivity index (χ4v) is 3.61. The number of hydrogen-bond acceptors (Lipinski definition) is 6. The summed E-state index contributed by atoms with van der Waals surface area (Å²) in [5, 5.41) is 7.89. The largest absolute Gasteiger partial charge is 0.368 e. The number of rotatable bonds is 13. The molecule has 0 aromatic carbocycles. The van der Waals surface area contributed by atoms with Gasteiger partial charge in [0, 0.05) is 6.54 Å². The van der Waals surface area contributed by atoms with Crippen LogP contribution in [0.15, 0.2) is 0 Å². The Balaban J connectivity index is 2.88. The molecule has 4 atom stereocenters. The number of hydrogen-bond donors (Lipinski definition) is 5. The van der Waals surface area contributed by atoms with Crippen molar-refractivity contribution in [2.24, 2.45) is 17.4 Å². The number of unbranched alkanes of at least 4 members (excludes halogenated alkanes) is 1. The molecule has 0 aliphatic carbocycles. The van der Waals surface area contributed by atoms with Gasteiger partial charge in [-0.25, -0.2) is 0 Å². The van der Waals surface area contributed by atoms with Crippen LogP contribution >= 0.6 is 0 Å². The highest BCUT2D eigenvalue weighted by atomic mass is 16.2. The van der Waals surface area contributed by atoms with Gasteiger partial charge in [-0.1, -0.05) is 13.8 Å². The number of likely N-dealkylation sites (tertiary alicyclic amines) is 1. The molecule has 0 spiro atoms. The number of carbonyl (C=O) groups is 4. The summed E-state index contributed by atoms with van der Waals surface area (Å²) in [6.45, 7) is 6.41. The van der Waals surface area contributed by atoms with Gasteiger partial charge in [-0.15, -0.1) is 0 Å². The summed E-state index contributed by atoms with van der Waals surface area (Å²) in [5.74, 6) is -1.54. The highest BCUT2D eigenvalue weighted by molar-refractivity contribution is 6.04. The fourth-order valence-electron chi connectivity index (χ4n) is 3.61. The second kappa shape index (κ2) is 13.3. The maximum absolute atomic E-state index is 13.3. The van der Waals surface area contributed by atoms with Gasteiger partial charge in [-0.3, -0.25) is 19.2 Å². The molecule has 1 aliphatic heterocycles. The van der Waals surface area contributed by atoms with Crippen molar-refractivity contribution in [2.75, 3.05) is 13.1 Å². The molecule has 4 amide bonds. The molecule has 0 aromatic heterocycles. The Morgan fingerprint density at radius 2 is 1.81 bits per heavy atom. The topological polar surface area (TPSA) is 160 Å². The first-order valence-electron chi connectivity index (χ1n) is 11.0. The van der Waals surface area contributed by atoms with E-state index in [0.29, 0.717) is 45.2 Å². The van der Waals surface area contributed by atoms with E-state index >= 15 is 0 Å². The highest BCUT2D eigenvalue weighted by Gasteiger charge is 2.38. The normalized spacial score (nSPS) is 19.0. The summed E-state index contributed by atoms with van der Waals surface area (Å²) in [4.78, 5) is 51.2. The maximum atomic E-state index is 13.3. The van der Waals surface area contributed by atoms with Crippen LogP contribution in [0.2, 0.25) is 0 Å². The average Bonchev–Trinajstić information content (AvgIpc) is 3.18. The molecule has 10 nitrogen and oxygen atoms in total. The average molecular weight is 436 g/mol. The molecule has 1 aliphatic rings. The number of primary amides is 1. The van der Waals surface area contributed by atoms with E-state index < -0.39 is 36.0 Å². The molecular formula is C20H37BN6O4. The second-order valence-electron chi connectivity index (χ2n) is 8.57. The molecule has 1 rings (SSSR count). The molecule has 31 heavy (non-hydrogen) atoms. The van der Waals surface area contributed by atoms with Crippen LogP contribution in [0.25, 0.3) is 0 Å². The quantitative estimate of drug-likeness (QED) is 0.178. The lowest BCUT2D eigenvalue weighted by molar-refractivity contribution is -0.142. The van der Waals surface area contributed by atoms with E-state index in [1.807, 2.05) is 13.8 Å². The van der Waals surface area contributed by atoms with E-state index in [1.165, 1.54) is 11.8 Å². The molecule has 0 saturated carbocycles. The number of carbonyl (C=O) groups excluding carboxylic acids is 4. The Bertz CT molecular complexity index is 633. The summed E-state index contributed by atoms with van der Waals surface area (Å²) >= 11 is 0. The van der Waals surface area contributed by atoms with Crippen molar-refractivity contribution in [3.05, 3.63) is 0 Å². The molecule has 4 unspecified atom stereocenters. The molecule has 174 valence electrons. The van der Waals surface area contributed by atoms with Gasteiger partial charge < -0.3 is 32.2 Å². The van der Waals surface area contributed by atoms with Crippen LogP contribution in [0.3, 0.4) is 0 Å². The molecular weight excluding hydrogens is 399 g/mol. The van der Waals surface area contributed by atoms with Crippen LogP contribution in [-0.4, -0.2) is 73.8 Å². The predicted molar refractivity (Wildman–Crippen MR) is 119 cm³/mol. The molecule has 1 saturated heterocycles. The van der Waals surface area contributed by atoms with Gasteiger partial charge in [0.15, 0.2) is 7.98 Å². The van der Waals surface area contributed by atoms with Crippen molar-refractivity contribution in [2.45, 2.75) is 83.5 Å². The second-order valence-corrected chi connectivity index (χ2v) is 8.57. The van der Waals surface area contributed by atoms with Gasteiger partial charge in [0.1, 0.15) is 18.1 Å². The van der Waals surface area contributed by atoms with Crippen LogP contribution in [0.5, 0.6) is 0 Å². The highest BCUT2D eigenvalue weighted by Crippen LogP contribution is 2.20. The van der Waals surface area contributed by atoms with Crippen LogP contribution in [0.4, 0.5) is 0 Å². The van der Waals surface area contributed by atoms with Crippen molar-refractivity contribution in [1.29, 1.82) is 0 Å². The van der Waals surface area contributed by atoms with Gasteiger partial charge in [0.2, 0.25) is 23.6 Å². The zero-order valence-corrected chi connectivity index (χ0v) is 18.9. The van der Waals surface area contributed by atoms with Crippen LogP contribution in [-0.2, 0) is 19.2 Å². The van der Waals surface area contributed by atoms with Gasteiger partial charge in [0.25, 0.3) is 0 Å². The molecule has 1 fully saturated rings. The van der Waals surface area contributed by atoms with Crippen molar-refractivity contribution >= 4 is 31.6 Å². The summed E-state index contributed by atoms with van der Waals surface area (Å²) < 4.78 is 0. The number of nitrogens with one attached hydrogen (secondary N) is 3. The van der Waals surface area contributed by atoms with Crippen molar-refractivity contribution < 1.29 is 19.2 Å². The van der Waals surface area contributed by atoms with E-state index in [2.05, 4.69) is 15.9 Å². The van der Waals surface area contributed by atoms with E-state index in [-0.39, 0.29) is 17.7 Å². The monoisotopic (exact) mass is 436 g/mol. The van der Waals surface area contributed by atoms with Crippen LogP contribution in [0, 0.1) is 5.92 Å². The predicted octanol–water partition coefficient (Wildman–Crippen LogP) is -1.33. The van der Waals surface area contributed by atoms with E-state index in [4.69, 9.17) is 19.4 Å². The van der Waals surface area contributed by atoms with Crippen LogP contribution in [0.1, 0.15) is 59.3 Å². The van der Waals surface area contributed by atoms with Gasteiger partial charge in [0.05, 0.1) is 6.04 Å². The van der Waals surface area contributed by atoms with Crippen molar-refractivity contribution in [3.63, 3.8) is 0 Å². The molecule has 2 radical (unpaired) electrons. The van der Waals surface area contributed by atoms with E-state index in [9.17, 15) is 19.2 Å². The minimum Gasteiger partial charge on any atom is -0.368 e. The van der Waals surface area contributed by atoms with Crippen LogP contribution < -0.4 is 27.3 Å². The summed E-state index contributed by atoms with van der Waals surface area (Å²) in [7, 11) is 5.30. The molecule has 1 heterocycles. The van der Waals surface area contributed by atoms with Gasteiger partial charge >= 0.3 is 0 Å². The Labute approximate surface area is 186 Å². The summed E-state index contributed by atoms with van der Waals surface area (Å²) in [6.07, 6.45) is 3.43. The zero-order chi connectivity index (χ0) is 23.6. The molecule has 11 heteroatoms. The standard InChI is InChI=1S/C20H37BN6O4/c1-12(2)11-14(22)18(29)26-15(7-4-5-9-24-21)20(31)27-10-6-8-16(27)19(30)25-13(3)17(23)28/h12-16,24H,4-11,22H2,1-3H3,(H2,23,28)(H,25,30)(H,26,29). The first kappa shape index (κ1) is 26.9. The maximum Gasteiger partial charge on any atom is 0.245 e. The van der Waals surface area contributed by atoms with Crippen molar-refractivity contribution in [1.82, 2.24) is 20.8 Å². The Morgan fingerprint density at radius 1 is 1.13 bits per heavy atom. The summed E-state index contributed by atoms with van der Waals surface area (Å²) in [6, 6.07) is -3.04. The van der Waals surface area contributed by atoms with Gasteiger partial charge in [-0.2, -0.15) is 0 Å². The minimum absolute atomic E-state index is 0.240.